The van der Waals surface area contributed by atoms with Crippen molar-refractivity contribution >= 4 is 16.8 Å². The number of amides is 1. The molecule has 28 heavy (non-hydrogen) atoms. The van der Waals surface area contributed by atoms with Crippen molar-refractivity contribution in [3.8, 4) is 5.75 Å². The number of benzene rings is 1. The summed E-state index contributed by atoms with van der Waals surface area (Å²) in [6.07, 6.45) is 6.33. The number of piperidine rings is 1. The number of aromatic amines is 1. The molecule has 1 aromatic carbocycles. The van der Waals surface area contributed by atoms with Gasteiger partial charge in [0.2, 0.25) is 0 Å². The largest absolute Gasteiger partial charge is 0.494 e. The molecule has 0 saturated carbocycles. The van der Waals surface area contributed by atoms with Crippen LogP contribution in [-0.2, 0) is 12.8 Å². The number of hydrogen-bond donors (Lipinski definition) is 1. The van der Waals surface area contributed by atoms with E-state index < -0.39 is 0 Å². The summed E-state index contributed by atoms with van der Waals surface area (Å²) in [7, 11) is 1.62. The van der Waals surface area contributed by atoms with Crippen molar-refractivity contribution < 1.29 is 9.53 Å². The van der Waals surface area contributed by atoms with E-state index in [4.69, 9.17) is 4.74 Å². The highest BCUT2D eigenvalue weighted by atomic mass is 16.5. The third-order valence-electron chi connectivity index (χ3n) is 6.03. The van der Waals surface area contributed by atoms with Crippen LogP contribution in [0.4, 0.5) is 0 Å². The van der Waals surface area contributed by atoms with Gasteiger partial charge in [0, 0.05) is 18.5 Å². The van der Waals surface area contributed by atoms with Crippen molar-refractivity contribution in [2.75, 3.05) is 20.2 Å². The summed E-state index contributed by atoms with van der Waals surface area (Å²) in [5.41, 5.74) is 3.70. The molecule has 146 valence electrons. The predicted octanol–water partition coefficient (Wildman–Crippen LogP) is 2.52. The first-order valence-electron chi connectivity index (χ1n) is 9.99. The molecule has 3 heterocycles. The van der Waals surface area contributed by atoms with Gasteiger partial charge in [-0.2, -0.15) is 5.10 Å². The number of ether oxygens (including phenoxy) is 1. The normalized spacial score (nSPS) is 17.7. The number of likely N-dealkylation sites (tertiary alicyclic amines) is 1. The average Bonchev–Trinajstić information content (AvgIpc) is 3.37. The van der Waals surface area contributed by atoms with Crippen LogP contribution >= 0.6 is 0 Å². The number of carbonyl (C=O) groups excluding carboxylic acids is 1. The lowest BCUT2D eigenvalue weighted by Crippen LogP contribution is -2.39. The fraction of sp³-hybridized carbons (Fsp3) is 0.500. The third-order valence-corrected chi connectivity index (χ3v) is 6.03. The van der Waals surface area contributed by atoms with E-state index in [1.165, 1.54) is 24.2 Å². The zero-order valence-electron chi connectivity index (χ0n) is 16.0. The number of aromatic nitrogens is 5. The minimum atomic E-state index is -0.0291. The molecule has 1 N–H and O–H groups in total. The zero-order valence-corrected chi connectivity index (χ0v) is 16.0. The number of rotatable bonds is 3. The van der Waals surface area contributed by atoms with Crippen molar-refractivity contribution in [3.63, 3.8) is 0 Å². The summed E-state index contributed by atoms with van der Waals surface area (Å²) < 4.78 is 7.49. The molecule has 1 amide bonds. The van der Waals surface area contributed by atoms with Gasteiger partial charge in [0.15, 0.2) is 5.69 Å². The monoisotopic (exact) mass is 380 g/mol. The van der Waals surface area contributed by atoms with E-state index in [0.29, 0.717) is 30.6 Å². The molecule has 0 unspecified atom stereocenters. The van der Waals surface area contributed by atoms with Gasteiger partial charge < -0.3 is 9.64 Å². The highest BCUT2D eigenvalue weighted by Gasteiger charge is 2.30. The maximum atomic E-state index is 13.1. The number of aryl methyl sites for hydroxylation is 1. The lowest BCUT2D eigenvalue weighted by atomic mass is 9.99. The number of nitrogens with zero attached hydrogens (tertiary/aromatic N) is 5. The second kappa shape index (κ2) is 6.92. The van der Waals surface area contributed by atoms with Crippen LogP contribution in [0, 0.1) is 0 Å². The van der Waals surface area contributed by atoms with Crippen molar-refractivity contribution in [2.24, 2.45) is 0 Å². The molecular weight excluding hydrogens is 356 g/mol. The molecule has 0 bridgehead atoms. The van der Waals surface area contributed by atoms with Crippen molar-refractivity contribution in [3.05, 3.63) is 35.3 Å². The SMILES string of the molecule is COc1cccc2c(C(=O)N3CCC(n4nnc5c4CCCC5)CC3)n[nH]c12. The maximum absolute atomic E-state index is 13.1. The van der Waals surface area contributed by atoms with Gasteiger partial charge in [0.05, 0.1) is 24.5 Å². The van der Waals surface area contributed by atoms with Crippen molar-refractivity contribution in [1.29, 1.82) is 0 Å². The molecule has 1 fully saturated rings. The van der Waals surface area contributed by atoms with Crippen LogP contribution in [0.1, 0.15) is 53.6 Å². The van der Waals surface area contributed by atoms with E-state index in [-0.39, 0.29) is 5.91 Å². The van der Waals surface area contributed by atoms with Gasteiger partial charge in [0.1, 0.15) is 11.3 Å². The van der Waals surface area contributed by atoms with E-state index in [9.17, 15) is 4.79 Å². The molecule has 3 aromatic rings. The van der Waals surface area contributed by atoms with Gasteiger partial charge in [-0.25, -0.2) is 4.68 Å². The van der Waals surface area contributed by atoms with Crippen LogP contribution in [0.25, 0.3) is 10.9 Å². The quantitative estimate of drug-likeness (QED) is 0.754. The van der Waals surface area contributed by atoms with Crippen LogP contribution in [0.15, 0.2) is 18.2 Å². The van der Waals surface area contributed by atoms with E-state index >= 15 is 0 Å². The number of nitrogens with one attached hydrogen (secondary N) is 1. The van der Waals surface area contributed by atoms with Gasteiger partial charge in [-0.15, -0.1) is 5.10 Å². The molecule has 8 nitrogen and oxygen atoms in total. The second-order valence-electron chi connectivity index (χ2n) is 7.61. The van der Waals surface area contributed by atoms with Gasteiger partial charge in [-0.05, 0) is 44.6 Å². The molecule has 2 aromatic heterocycles. The summed E-state index contributed by atoms with van der Waals surface area (Å²) >= 11 is 0. The molecule has 1 aliphatic heterocycles. The Bertz CT molecular complexity index is 1020. The Morgan fingerprint density at radius 3 is 2.86 bits per heavy atom. The lowest BCUT2D eigenvalue weighted by Gasteiger charge is -2.32. The first kappa shape index (κ1) is 17.2. The molecule has 5 rings (SSSR count). The van der Waals surface area contributed by atoms with Gasteiger partial charge in [0.25, 0.3) is 5.91 Å². The highest BCUT2D eigenvalue weighted by Crippen LogP contribution is 2.30. The van der Waals surface area contributed by atoms with Crippen LogP contribution in [0.2, 0.25) is 0 Å². The Kier molecular flexibility index (Phi) is 4.26. The molecule has 8 heteroatoms. The summed E-state index contributed by atoms with van der Waals surface area (Å²) in [6.45, 7) is 1.41. The predicted molar refractivity (Wildman–Crippen MR) is 103 cm³/mol. The van der Waals surface area contributed by atoms with Gasteiger partial charge in [-0.1, -0.05) is 17.3 Å². The molecule has 1 aliphatic carbocycles. The van der Waals surface area contributed by atoms with E-state index in [1.54, 1.807) is 7.11 Å². The number of fused-ring (bicyclic) bond motifs is 2. The van der Waals surface area contributed by atoms with Crippen LogP contribution in [0.5, 0.6) is 5.75 Å². The minimum absolute atomic E-state index is 0.0291. The standard InChI is InChI=1S/C20H24N6O2/c1-28-17-8-4-5-14-18(17)22-23-19(14)20(27)25-11-9-13(10-12-25)26-16-7-3-2-6-15(16)21-24-26/h4-5,8,13H,2-3,6-7,9-12H2,1H3,(H,22,23). The van der Waals surface area contributed by atoms with E-state index in [2.05, 4.69) is 25.2 Å². The summed E-state index contributed by atoms with van der Waals surface area (Å²) in [5.74, 6) is 0.664. The first-order valence-corrected chi connectivity index (χ1v) is 9.99. The second-order valence-corrected chi connectivity index (χ2v) is 7.61. The topological polar surface area (TPSA) is 88.9 Å². The number of para-hydroxylation sites is 1. The smallest absolute Gasteiger partial charge is 0.274 e. The minimum Gasteiger partial charge on any atom is -0.494 e. The van der Waals surface area contributed by atoms with E-state index in [0.717, 1.165) is 36.6 Å². The summed E-state index contributed by atoms with van der Waals surface area (Å²) in [6, 6.07) is 5.98. The number of carbonyl (C=O) groups is 1. The van der Waals surface area contributed by atoms with Crippen LogP contribution in [-0.4, -0.2) is 56.2 Å². The Morgan fingerprint density at radius 1 is 1.21 bits per heavy atom. The van der Waals surface area contributed by atoms with Gasteiger partial charge >= 0.3 is 0 Å². The maximum Gasteiger partial charge on any atom is 0.274 e. The highest BCUT2D eigenvalue weighted by molar-refractivity contribution is 6.05. The Morgan fingerprint density at radius 2 is 2.04 bits per heavy atom. The molecule has 0 spiro atoms. The van der Waals surface area contributed by atoms with Crippen LogP contribution in [0.3, 0.4) is 0 Å². The molecule has 2 aliphatic rings. The number of H-pyrrole nitrogens is 1. The zero-order chi connectivity index (χ0) is 19.1. The fourth-order valence-corrected chi connectivity index (χ4v) is 4.49. The lowest BCUT2D eigenvalue weighted by molar-refractivity contribution is 0.0684. The third kappa shape index (κ3) is 2.75. The Hall–Kier alpha value is -2.90. The van der Waals surface area contributed by atoms with Gasteiger partial charge in [-0.3, -0.25) is 9.89 Å². The Balaban J connectivity index is 1.32. The number of hydrogen-bond acceptors (Lipinski definition) is 5. The van der Waals surface area contributed by atoms with E-state index in [1.807, 2.05) is 23.1 Å². The first-order chi connectivity index (χ1) is 13.8. The van der Waals surface area contributed by atoms with Crippen molar-refractivity contribution in [1.82, 2.24) is 30.1 Å². The summed E-state index contributed by atoms with van der Waals surface area (Å²) in [4.78, 5) is 15.0. The molecule has 0 atom stereocenters. The fourth-order valence-electron chi connectivity index (χ4n) is 4.49. The summed E-state index contributed by atoms with van der Waals surface area (Å²) in [5, 5.41) is 16.8. The van der Waals surface area contributed by atoms with Crippen LogP contribution < -0.4 is 4.74 Å². The number of methoxy groups -OCH3 is 1. The Labute approximate surface area is 162 Å². The molecule has 1 saturated heterocycles. The average molecular weight is 380 g/mol. The molecule has 0 radical (unpaired) electrons. The molecular formula is C20H24N6O2. The van der Waals surface area contributed by atoms with Crippen molar-refractivity contribution in [2.45, 2.75) is 44.6 Å².